The van der Waals surface area contributed by atoms with E-state index >= 15 is 0 Å². The Bertz CT molecular complexity index is 649. The van der Waals surface area contributed by atoms with Crippen molar-refractivity contribution in [2.75, 3.05) is 0 Å². The van der Waals surface area contributed by atoms with Crippen molar-refractivity contribution >= 4 is 5.97 Å². The van der Waals surface area contributed by atoms with Gasteiger partial charge in [-0.25, -0.2) is 9.37 Å². The molecular formula is C16H17FN2O2. The molecule has 0 fully saturated rings. The Balaban J connectivity index is 2.01. The average molecular weight is 288 g/mol. The number of carboxylic acids is 1. The molecule has 1 unspecified atom stereocenters. The quantitative estimate of drug-likeness (QED) is 0.941. The van der Waals surface area contributed by atoms with Crippen LogP contribution in [-0.4, -0.2) is 20.6 Å². The maximum atomic E-state index is 13.1. The molecule has 0 bridgehead atoms. The minimum Gasteiger partial charge on any atom is -0.481 e. The van der Waals surface area contributed by atoms with Crippen LogP contribution in [0.1, 0.15) is 42.3 Å². The molecule has 0 spiro atoms. The second kappa shape index (κ2) is 5.68. The fourth-order valence-electron chi connectivity index (χ4n) is 2.98. The van der Waals surface area contributed by atoms with Crippen molar-refractivity contribution in [3.05, 3.63) is 53.4 Å². The van der Waals surface area contributed by atoms with Gasteiger partial charge >= 0.3 is 5.97 Å². The van der Waals surface area contributed by atoms with E-state index in [9.17, 15) is 14.3 Å². The van der Waals surface area contributed by atoms with Gasteiger partial charge in [0.25, 0.3) is 0 Å². The number of hydrogen-bond acceptors (Lipinski definition) is 2. The summed E-state index contributed by atoms with van der Waals surface area (Å²) in [5.74, 6) is -0.449. The Hall–Kier alpha value is -2.17. The van der Waals surface area contributed by atoms with Crippen molar-refractivity contribution in [3.8, 4) is 0 Å². The summed E-state index contributed by atoms with van der Waals surface area (Å²) in [6.07, 6.45) is 4.90. The van der Waals surface area contributed by atoms with E-state index in [4.69, 9.17) is 0 Å². The molecule has 1 atom stereocenters. The Morgan fingerprint density at radius 3 is 2.81 bits per heavy atom. The Labute approximate surface area is 122 Å². The molecule has 1 aliphatic rings. The summed E-state index contributed by atoms with van der Waals surface area (Å²) in [4.78, 5) is 15.6. The first kappa shape index (κ1) is 13.8. The lowest BCUT2D eigenvalue weighted by Crippen LogP contribution is -2.17. The van der Waals surface area contributed by atoms with Crippen molar-refractivity contribution in [2.45, 2.75) is 38.1 Å². The van der Waals surface area contributed by atoms with Gasteiger partial charge in [0, 0.05) is 30.8 Å². The summed E-state index contributed by atoms with van der Waals surface area (Å²) in [6.45, 7) is 0.877. The molecule has 2 heterocycles. The van der Waals surface area contributed by atoms with E-state index in [1.807, 2.05) is 0 Å². The van der Waals surface area contributed by atoms with Gasteiger partial charge in [0.05, 0.1) is 6.42 Å². The van der Waals surface area contributed by atoms with Gasteiger partial charge in [0.2, 0.25) is 0 Å². The number of aliphatic carboxylic acids is 1. The molecule has 1 aliphatic heterocycles. The van der Waals surface area contributed by atoms with Crippen molar-refractivity contribution in [3.63, 3.8) is 0 Å². The van der Waals surface area contributed by atoms with Gasteiger partial charge in [-0.3, -0.25) is 4.79 Å². The average Bonchev–Trinajstić information content (AvgIpc) is 2.89. The minimum absolute atomic E-state index is 0.0171. The van der Waals surface area contributed by atoms with Crippen molar-refractivity contribution in [1.82, 2.24) is 9.55 Å². The number of rotatable bonds is 4. The Morgan fingerprint density at radius 1 is 1.33 bits per heavy atom. The lowest BCUT2D eigenvalue weighted by Gasteiger charge is -2.21. The van der Waals surface area contributed by atoms with Crippen LogP contribution < -0.4 is 0 Å². The largest absolute Gasteiger partial charge is 0.481 e. The molecule has 1 N–H and O–H groups in total. The predicted octanol–water partition coefficient (Wildman–Crippen LogP) is 2.97. The van der Waals surface area contributed by atoms with E-state index in [2.05, 4.69) is 9.55 Å². The van der Waals surface area contributed by atoms with Crippen LogP contribution in [0.4, 0.5) is 4.39 Å². The molecule has 5 heteroatoms. The molecule has 0 aliphatic carbocycles. The lowest BCUT2D eigenvalue weighted by molar-refractivity contribution is -0.137. The highest BCUT2D eigenvalue weighted by Crippen LogP contribution is 2.30. The summed E-state index contributed by atoms with van der Waals surface area (Å²) in [5, 5.41) is 9.20. The first-order chi connectivity index (χ1) is 10.1. The molecular weight excluding hydrogens is 271 g/mol. The first-order valence-electron chi connectivity index (χ1n) is 7.16. The van der Waals surface area contributed by atoms with Crippen molar-refractivity contribution in [2.24, 2.45) is 0 Å². The number of carbonyl (C=O) groups is 1. The summed E-state index contributed by atoms with van der Waals surface area (Å²) in [6, 6.07) is 6.06. The van der Waals surface area contributed by atoms with Crippen molar-refractivity contribution in [1.29, 1.82) is 0 Å². The fraction of sp³-hybridized carbons (Fsp3) is 0.375. The van der Waals surface area contributed by atoms with Crippen molar-refractivity contribution < 1.29 is 14.3 Å². The molecule has 0 saturated carbocycles. The van der Waals surface area contributed by atoms with Crippen LogP contribution in [0.25, 0.3) is 0 Å². The van der Waals surface area contributed by atoms with Gasteiger partial charge < -0.3 is 9.67 Å². The maximum absolute atomic E-state index is 13.1. The highest BCUT2D eigenvalue weighted by Gasteiger charge is 2.24. The second-order valence-electron chi connectivity index (χ2n) is 5.41. The van der Waals surface area contributed by atoms with E-state index in [-0.39, 0.29) is 18.2 Å². The van der Waals surface area contributed by atoms with Gasteiger partial charge in [-0.2, -0.15) is 0 Å². The van der Waals surface area contributed by atoms with Crippen LogP contribution in [0.15, 0.2) is 30.5 Å². The molecule has 110 valence electrons. The molecule has 1 aromatic carbocycles. The van der Waals surface area contributed by atoms with Gasteiger partial charge in [-0.05, 0) is 30.5 Å². The van der Waals surface area contributed by atoms with Crippen LogP contribution in [-0.2, 0) is 17.8 Å². The number of halogens is 1. The zero-order chi connectivity index (χ0) is 14.8. The van der Waals surface area contributed by atoms with Crippen LogP contribution in [0.3, 0.4) is 0 Å². The van der Waals surface area contributed by atoms with E-state index in [1.165, 1.54) is 12.1 Å². The number of aromatic nitrogens is 2. The van der Waals surface area contributed by atoms with E-state index in [0.717, 1.165) is 42.9 Å². The maximum Gasteiger partial charge on any atom is 0.304 e. The predicted molar refractivity (Wildman–Crippen MR) is 75.7 cm³/mol. The van der Waals surface area contributed by atoms with E-state index < -0.39 is 5.97 Å². The van der Waals surface area contributed by atoms with Crippen LogP contribution in [0.5, 0.6) is 0 Å². The second-order valence-corrected chi connectivity index (χ2v) is 5.41. The third kappa shape index (κ3) is 2.82. The molecule has 4 nitrogen and oxygen atoms in total. The van der Waals surface area contributed by atoms with E-state index in [1.54, 1.807) is 18.3 Å². The molecule has 0 amide bonds. The topological polar surface area (TPSA) is 55.1 Å². The number of carboxylic acid groups (broad SMARTS) is 1. The van der Waals surface area contributed by atoms with Crippen LogP contribution in [0.2, 0.25) is 0 Å². The number of benzene rings is 1. The SMILES string of the molecule is O=C(O)CC(c1ccc(F)cc1)c1cnc2n1CCCC2. The monoisotopic (exact) mass is 288 g/mol. The normalized spacial score (nSPS) is 15.5. The zero-order valence-electron chi connectivity index (χ0n) is 11.6. The zero-order valence-corrected chi connectivity index (χ0v) is 11.6. The Morgan fingerprint density at radius 2 is 2.10 bits per heavy atom. The summed E-state index contributed by atoms with van der Waals surface area (Å²) in [7, 11) is 0. The van der Waals surface area contributed by atoms with E-state index in [0.29, 0.717) is 0 Å². The minimum atomic E-state index is -0.865. The number of imidazole rings is 1. The molecule has 0 radical (unpaired) electrons. The van der Waals surface area contributed by atoms with Gasteiger partial charge in [0.1, 0.15) is 11.6 Å². The molecule has 21 heavy (non-hydrogen) atoms. The summed E-state index contributed by atoms with van der Waals surface area (Å²) in [5.41, 5.74) is 1.73. The van der Waals surface area contributed by atoms with Crippen LogP contribution >= 0.6 is 0 Å². The smallest absolute Gasteiger partial charge is 0.304 e. The molecule has 0 saturated heterocycles. The number of hydrogen-bond donors (Lipinski definition) is 1. The number of nitrogens with zero attached hydrogens (tertiary/aromatic N) is 2. The molecule has 2 aromatic rings. The highest BCUT2D eigenvalue weighted by atomic mass is 19.1. The van der Waals surface area contributed by atoms with Crippen LogP contribution in [0, 0.1) is 5.82 Å². The van der Waals surface area contributed by atoms with Gasteiger partial charge in [-0.1, -0.05) is 12.1 Å². The Kier molecular flexibility index (Phi) is 3.73. The number of aryl methyl sites for hydroxylation is 1. The first-order valence-corrected chi connectivity index (χ1v) is 7.16. The third-order valence-electron chi connectivity index (χ3n) is 4.01. The number of fused-ring (bicyclic) bond motifs is 1. The summed E-state index contributed by atoms with van der Waals surface area (Å²) >= 11 is 0. The van der Waals surface area contributed by atoms with Gasteiger partial charge in [0.15, 0.2) is 0 Å². The standard InChI is InChI=1S/C16H17FN2O2/c17-12-6-4-11(5-7-12)13(9-16(20)21)14-10-18-15-3-1-2-8-19(14)15/h4-7,10,13H,1-3,8-9H2,(H,20,21). The lowest BCUT2D eigenvalue weighted by atomic mass is 9.92. The summed E-state index contributed by atoms with van der Waals surface area (Å²) < 4.78 is 15.2. The fourth-order valence-corrected chi connectivity index (χ4v) is 2.98. The third-order valence-corrected chi connectivity index (χ3v) is 4.01. The molecule has 1 aromatic heterocycles. The molecule has 3 rings (SSSR count). The highest BCUT2D eigenvalue weighted by molar-refractivity contribution is 5.68. The van der Waals surface area contributed by atoms with Gasteiger partial charge in [-0.15, -0.1) is 0 Å².